The molecular weight excluding hydrogens is 256 g/mol. The standard InChI is InChI=1S/C15H22N2OS/c1-11-6-7-16-14(9-11)15(18)17(12-4-5-12)10-13-3-2-8-19-13/h2-3,8,11-12,14,16H,4-7,9-10H2,1H3. The molecule has 0 aromatic carbocycles. The van der Waals surface area contributed by atoms with E-state index in [1.54, 1.807) is 11.3 Å². The van der Waals surface area contributed by atoms with Crippen LogP contribution in [0.1, 0.15) is 37.5 Å². The van der Waals surface area contributed by atoms with Crippen LogP contribution in [0.25, 0.3) is 0 Å². The van der Waals surface area contributed by atoms with Crippen LogP contribution < -0.4 is 5.32 Å². The molecule has 2 aliphatic rings. The van der Waals surface area contributed by atoms with Gasteiger partial charge in [-0.15, -0.1) is 11.3 Å². The number of thiophene rings is 1. The Morgan fingerprint density at radius 2 is 2.32 bits per heavy atom. The second-order valence-corrected chi connectivity index (χ2v) is 6.95. The van der Waals surface area contributed by atoms with Crippen LogP contribution in [0.5, 0.6) is 0 Å². The number of rotatable bonds is 4. The lowest BCUT2D eigenvalue weighted by molar-refractivity contribution is -0.135. The molecule has 1 aliphatic carbocycles. The molecule has 0 bridgehead atoms. The number of hydrogen-bond donors (Lipinski definition) is 1. The molecule has 2 unspecified atom stereocenters. The van der Waals surface area contributed by atoms with Crippen LogP contribution in [0.2, 0.25) is 0 Å². The highest BCUT2D eigenvalue weighted by Gasteiger charge is 2.37. The lowest BCUT2D eigenvalue weighted by atomic mass is 9.93. The maximum Gasteiger partial charge on any atom is 0.240 e. The van der Waals surface area contributed by atoms with E-state index < -0.39 is 0 Å². The summed E-state index contributed by atoms with van der Waals surface area (Å²) in [5.74, 6) is 0.987. The zero-order valence-corrected chi connectivity index (χ0v) is 12.3. The Morgan fingerprint density at radius 3 is 2.95 bits per heavy atom. The van der Waals surface area contributed by atoms with E-state index in [0.29, 0.717) is 17.9 Å². The van der Waals surface area contributed by atoms with E-state index in [0.717, 1.165) is 19.5 Å². The average molecular weight is 278 g/mol. The van der Waals surface area contributed by atoms with Crippen molar-refractivity contribution in [3.8, 4) is 0 Å². The fourth-order valence-electron chi connectivity index (χ4n) is 2.84. The van der Waals surface area contributed by atoms with E-state index in [4.69, 9.17) is 0 Å². The van der Waals surface area contributed by atoms with E-state index in [-0.39, 0.29) is 6.04 Å². The maximum absolute atomic E-state index is 12.7. The Morgan fingerprint density at radius 1 is 1.47 bits per heavy atom. The summed E-state index contributed by atoms with van der Waals surface area (Å²) in [5.41, 5.74) is 0. The zero-order valence-electron chi connectivity index (χ0n) is 11.5. The van der Waals surface area contributed by atoms with Crippen LogP contribution in [-0.2, 0) is 11.3 Å². The molecule has 1 aromatic heterocycles. The Hall–Kier alpha value is -0.870. The van der Waals surface area contributed by atoms with E-state index in [2.05, 4.69) is 34.7 Å². The van der Waals surface area contributed by atoms with Crippen LogP contribution in [0.3, 0.4) is 0 Å². The Kier molecular flexibility index (Phi) is 3.89. The molecule has 3 rings (SSSR count). The van der Waals surface area contributed by atoms with Crippen molar-refractivity contribution in [2.45, 2.75) is 51.2 Å². The minimum Gasteiger partial charge on any atom is -0.333 e. The van der Waals surface area contributed by atoms with E-state index in [9.17, 15) is 4.79 Å². The van der Waals surface area contributed by atoms with E-state index in [1.807, 2.05) is 0 Å². The summed E-state index contributed by atoms with van der Waals surface area (Å²) in [6.07, 6.45) is 4.55. The van der Waals surface area contributed by atoms with Gasteiger partial charge in [-0.1, -0.05) is 13.0 Å². The molecule has 1 saturated carbocycles. The summed E-state index contributed by atoms with van der Waals surface area (Å²) in [6.45, 7) is 4.03. The van der Waals surface area contributed by atoms with Crippen molar-refractivity contribution in [2.24, 2.45) is 5.92 Å². The lowest BCUT2D eigenvalue weighted by Crippen LogP contribution is -2.50. The monoisotopic (exact) mass is 278 g/mol. The van der Waals surface area contributed by atoms with Crippen molar-refractivity contribution in [2.75, 3.05) is 6.54 Å². The van der Waals surface area contributed by atoms with Crippen molar-refractivity contribution in [3.05, 3.63) is 22.4 Å². The highest BCUT2D eigenvalue weighted by atomic mass is 32.1. The Bertz CT molecular complexity index is 427. The van der Waals surface area contributed by atoms with Gasteiger partial charge < -0.3 is 10.2 Å². The van der Waals surface area contributed by atoms with Gasteiger partial charge in [-0.25, -0.2) is 0 Å². The van der Waals surface area contributed by atoms with Crippen molar-refractivity contribution in [1.29, 1.82) is 0 Å². The Labute approximate surface area is 119 Å². The molecule has 1 saturated heterocycles. The van der Waals surface area contributed by atoms with Gasteiger partial charge in [-0.3, -0.25) is 4.79 Å². The summed E-state index contributed by atoms with van der Waals surface area (Å²) < 4.78 is 0. The van der Waals surface area contributed by atoms with Crippen molar-refractivity contribution in [3.63, 3.8) is 0 Å². The third-order valence-electron chi connectivity index (χ3n) is 4.14. The van der Waals surface area contributed by atoms with E-state index >= 15 is 0 Å². The fraction of sp³-hybridized carbons (Fsp3) is 0.667. The van der Waals surface area contributed by atoms with Crippen LogP contribution in [0, 0.1) is 5.92 Å². The van der Waals surface area contributed by atoms with Gasteiger partial charge in [0.2, 0.25) is 5.91 Å². The van der Waals surface area contributed by atoms with Gasteiger partial charge in [0.1, 0.15) is 0 Å². The predicted octanol–water partition coefficient (Wildman–Crippen LogP) is 2.63. The molecule has 0 radical (unpaired) electrons. The molecular formula is C15H22N2OS. The molecule has 0 spiro atoms. The molecule has 2 heterocycles. The second kappa shape index (κ2) is 5.63. The summed E-state index contributed by atoms with van der Waals surface area (Å²) in [5, 5.41) is 5.49. The number of amides is 1. The minimum absolute atomic E-state index is 0.0457. The maximum atomic E-state index is 12.7. The summed E-state index contributed by atoms with van der Waals surface area (Å²) in [7, 11) is 0. The third kappa shape index (κ3) is 3.18. The first-order valence-electron chi connectivity index (χ1n) is 7.30. The van der Waals surface area contributed by atoms with Crippen molar-refractivity contribution < 1.29 is 4.79 Å². The number of piperidine rings is 1. The average Bonchev–Trinajstić information content (AvgIpc) is 3.12. The zero-order chi connectivity index (χ0) is 13.2. The molecule has 19 heavy (non-hydrogen) atoms. The number of hydrogen-bond acceptors (Lipinski definition) is 3. The molecule has 3 nitrogen and oxygen atoms in total. The fourth-order valence-corrected chi connectivity index (χ4v) is 3.54. The van der Waals surface area contributed by atoms with Crippen molar-refractivity contribution >= 4 is 17.2 Å². The minimum atomic E-state index is 0.0457. The lowest BCUT2D eigenvalue weighted by Gasteiger charge is -2.32. The highest BCUT2D eigenvalue weighted by molar-refractivity contribution is 7.09. The molecule has 1 amide bonds. The molecule has 1 aromatic rings. The van der Waals surface area contributed by atoms with Gasteiger partial charge in [-0.2, -0.15) is 0 Å². The van der Waals surface area contributed by atoms with E-state index in [1.165, 1.54) is 24.1 Å². The molecule has 1 N–H and O–H groups in total. The first-order chi connectivity index (χ1) is 9.24. The SMILES string of the molecule is CC1CCNC(C(=O)N(Cc2cccs2)C2CC2)C1. The van der Waals surface area contributed by atoms with Gasteiger partial charge in [0.05, 0.1) is 12.6 Å². The topological polar surface area (TPSA) is 32.3 Å². The van der Waals surface area contributed by atoms with Crippen molar-refractivity contribution in [1.82, 2.24) is 10.2 Å². The number of nitrogens with zero attached hydrogens (tertiary/aromatic N) is 1. The summed E-state index contributed by atoms with van der Waals surface area (Å²) in [4.78, 5) is 16.1. The first-order valence-corrected chi connectivity index (χ1v) is 8.18. The van der Waals surface area contributed by atoms with Crippen LogP contribution in [0.4, 0.5) is 0 Å². The molecule has 2 atom stereocenters. The normalized spacial score (nSPS) is 27.2. The van der Waals surface area contributed by atoms with Crippen LogP contribution in [0.15, 0.2) is 17.5 Å². The third-order valence-corrected chi connectivity index (χ3v) is 5.00. The number of carbonyl (C=O) groups is 1. The summed E-state index contributed by atoms with van der Waals surface area (Å²) >= 11 is 1.75. The molecule has 104 valence electrons. The van der Waals surface area contributed by atoms with Crippen LogP contribution >= 0.6 is 11.3 Å². The highest BCUT2D eigenvalue weighted by Crippen LogP contribution is 2.31. The first kappa shape index (κ1) is 13.1. The molecule has 2 fully saturated rings. The number of nitrogens with one attached hydrogen (secondary N) is 1. The van der Waals surface area contributed by atoms with Gasteiger partial charge in [0, 0.05) is 10.9 Å². The quantitative estimate of drug-likeness (QED) is 0.918. The Balaban J connectivity index is 1.67. The predicted molar refractivity (Wildman–Crippen MR) is 78.1 cm³/mol. The summed E-state index contributed by atoms with van der Waals surface area (Å²) in [6, 6.07) is 4.73. The van der Waals surface area contributed by atoms with Gasteiger partial charge in [0.25, 0.3) is 0 Å². The smallest absolute Gasteiger partial charge is 0.240 e. The van der Waals surface area contributed by atoms with Gasteiger partial charge in [0.15, 0.2) is 0 Å². The van der Waals surface area contributed by atoms with Gasteiger partial charge in [-0.05, 0) is 49.6 Å². The number of carbonyl (C=O) groups excluding carboxylic acids is 1. The van der Waals surface area contributed by atoms with Gasteiger partial charge >= 0.3 is 0 Å². The second-order valence-electron chi connectivity index (χ2n) is 5.91. The molecule has 4 heteroatoms. The largest absolute Gasteiger partial charge is 0.333 e. The molecule has 1 aliphatic heterocycles. The van der Waals surface area contributed by atoms with Crippen LogP contribution in [-0.4, -0.2) is 29.4 Å².